The zero-order valence-corrected chi connectivity index (χ0v) is 10.6. The fourth-order valence-electron chi connectivity index (χ4n) is 1.75. The van der Waals surface area contributed by atoms with E-state index in [1.165, 1.54) is 6.92 Å². The van der Waals surface area contributed by atoms with Crippen LogP contribution >= 0.6 is 0 Å². The number of aryl methyl sites for hydroxylation is 1. The molecule has 11 heteroatoms. The molecule has 2 N–H and O–H groups in total. The third kappa shape index (κ3) is 3.11. The predicted octanol–water partition coefficient (Wildman–Crippen LogP) is 3.42. The first kappa shape index (κ1) is 17.7. The second-order valence-corrected chi connectivity index (χ2v) is 4.17. The molecule has 0 saturated heterocycles. The highest BCUT2D eigenvalue weighted by Gasteiger charge is 2.63. The summed E-state index contributed by atoms with van der Waals surface area (Å²) in [6.45, 7) is 0.371. The fraction of sp³-hybridized carbons (Fsp3) is 0.700. The standard InChI is InChI=1S/C10H11F8N3/c1-2-3-21-5(4-19)6(9(13,14)15)7(20-21)8(11,12)10(16,17)18/h2-4,19H2,1H3. The van der Waals surface area contributed by atoms with Crippen LogP contribution in [0.2, 0.25) is 0 Å². The van der Waals surface area contributed by atoms with Crippen LogP contribution < -0.4 is 5.73 Å². The van der Waals surface area contributed by atoms with Crippen LogP contribution in [0, 0.1) is 0 Å². The molecule has 1 rings (SSSR count). The SMILES string of the molecule is CCCn1nc(C(F)(F)C(F)(F)F)c(C(F)(F)F)c1CN. The molecule has 1 aromatic heterocycles. The highest BCUT2D eigenvalue weighted by atomic mass is 19.4. The Bertz CT molecular complexity index is 500. The predicted molar refractivity (Wildman–Crippen MR) is 55.4 cm³/mol. The van der Waals surface area contributed by atoms with Crippen molar-refractivity contribution >= 4 is 0 Å². The molecule has 0 bridgehead atoms. The van der Waals surface area contributed by atoms with Crippen LogP contribution in [0.15, 0.2) is 0 Å². The van der Waals surface area contributed by atoms with Gasteiger partial charge in [-0.1, -0.05) is 6.92 Å². The van der Waals surface area contributed by atoms with Crippen LogP contribution in [-0.2, 0) is 25.2 Å². The van der Waals surface area contributed by atoms with Crippen LogP contribution in [0.5, 0.6) is 0 Å². The van der Waals surface area contributed by atoms with Crippen molar-refractivity contribution in [3.05, 3.63) is 17.0 Å². The first-order valence-electron chi connectivity index (χ1n) is 5.69. The monoisotopic (exact) mass is 325 g/mol. The average Bonchev–Trinajstić information content (AvgIpc) is 2.66. The number of hydrogen-bond donors (Lipinski definition) is 1. The molecular weight excluding hydrogens is 314 g/mol. The second-order valence-electron chi connectivity index (χ2n) is 4.17. The van der Waals surface area contributed by atoms with Crippen molar-refractivity contribution in [1.29, 1.82) is 0 Å². The third-order valence-corrected chi connectivity index (χ3v) is 2.62. The number of nitrogens with two attached hydrogens (primary N) is 1. The first-order chi connectivity index (χ1) is 9.37. The third-order valence-electron chi connectivity index (χ3n) is 2.62. The fourth-order valence-corrected chi connectivity index (χ4v) is 1.75. The van der Waals surface area contributed by atoms with E-state index in [4.69, 9.17) is 5.73 Å². The van der Waals surface area contributed by atoms with E-state index < -0.39 is 41.8 Å². The average molecular weight is 325 g/mol. The van der Waals surface area contributed by atoms with Crippen molar-refractivity contribution in [3.8, 4) is 0 Å². The van der Waals surface area contributed by atoms with Crippen molar-refractivity contribution in [2.45, 2.75) is 44.7 Å². The molecule has 0 saturated carbocycles. The van der Waals surface area contributed by atoms with Gasteiger partial charge in [-0.25, -0.2) is 0 Å². The molecule has 0 spiro atoms. The Morgan fingerprint density at radius 1 is 1.05 bits per heavy atom. The molecule has 0 aliphatic heterocycles. The number of halogens is 8. The lowest BCUT2D eigenvalue weighted by Gasteiger charge is -2.19. The zero-order chi connectivity index (χ0) is 16.6. The van der Waals surface area contributed by atoms with Gasteiger partial charge in [-0.15, -0.1) is 0 Å². The van der Waals surface area contributed by atoms with Gasteiger partial charge in [0, 0.05) is 13.1 Å². The summed E-state index contributed by atoms with van der Waals surface area (Å²) in [5, 5.41) is 2.82. The van der Waals surface area contributed by atoms with Gasteiger partial charge in [0.2, 0.25) is 0 Å². The molecule has 0 amide bonds. The highest BCUT2D eigenvalue weighted by molar-refractivity contribution is 5.33. The maximum absolute atomic E-state index is 13.3. The van der Waals surface area contributed by atoms with Gasteiger partial charge >= 0.3 is 18.3 Å². The van der Waals surface area contributed by atoms with Gasteiger partial charge in [-0.05, 0) is 6.42 Å². The number of rotatable bonds is 4. The van der Waals surface area contributed by atoms with Crippen molar-refractivity contribution in [2.24, 2.45) is 5.73 Å². The van der Waals surface area contributed by atoms with Crippen LogP contribution in [0.4, 0.5) is 35.1 Å². The Hall–Kier alpha value is -1.39. The molecular formula is C10H11F8N3. The molecule has 1 aromatic rings. The summed E-state index contributed by atoms with van der Waals surface area (Å²) in [5.74, 6) is -5.72. The maximum Gasteiger partial charge on any atom is 0.459 e. The lowest BCUT2D eigenvalue weighted by Crippen LogP contribution is -2.36. The minimum Gasteiger partial charge on any atom is -0.325 e. The summed E-state index contributed by atoms with van der Waals surface area (Å²) < 4.78 is 103. The van der Waals surface area contributed by atoms with Crippen LogP contribution in [-0.4, -0.2) is 16.0 Å². The molecule has 0 unspecified atom stereocenters. The van der Waals surface area contributed by atoms with Crippen LogP contribution in [0.3, 0.4) is 0 Å². The van der Waals surface area contributed by atoms with Gasteiger partial charge in [-0.3, -0.25) is 4.68 Å². The van der Waals surface area contributed by atoms with Crippen LogP contribution in [0.1, 0.15) is 30.3 Å². The van der Waals surface area contributed by atoms with Crippen molar-refractivity contribution in [1.82, 2.24) is 9.78 Å². The number of alkyl halides is 8. The smallest absolute Gasteiger partial charge is 0.325 e. The zero-order valence-electron chi connectivity index (χ0n) is 10.6. The Morgan fingerprint density at radius 2 is 1.57 bits per heavy atom. The lowest BCUT2D eigenvalue weighted by molar-refractivity contribution is -0.292. The largest absolute Gasteiger partial charge is 0.459 e. The molecule has 0 fully saturated rings. The number of aromatic nitrogens is 2. The van der Waals surface area contributed by atoms with Gasteiger partial charge in [-0.2, -0.15) is 40.2 Å². The molecule has 3 nitrogen and oxygen atoms in total. The molecule has 21 heavy (non-hydrogen) atoms. The lowest BCUT2D eigenvalue weighted by atomic mass is 10.1. The molecule has 1 heterocycles. The summed E-state index contributed by atoms with van der Waals surface area (Å²) in [6.07, 6.45) is -11.4. The van der Waals surface area contributed by atoms with Gasteiger partial charge in [0.05, 0.1) is 5.69 Å². The van der Waals surface area contributed by atoms with Crippen molar-refractivity contribution < 1.29 is 35.1 Å². The van der Waals surface area contributed by atoms with Gasteiger partial charge < -0.3 is 5.73 Å². The Labute approximate surface area is 113 Å². The summed E-state index contributed by atoms with van der Waals surface area (Å²) in [4.78, 5) is 0. The summed E-state index contributed by atoms with van der Waals surface area (Å²) in [5.41, 5.74) is -0.331. The quantitative estimate of drug-likeness (QED) is 0.862. The molecule has 0 aromatic carbocycles. The van der Waals surface area contributed by atoms with E-state index in [1.807, 2.05) is 0 Å². The van der Waals surface area contributed by atoms with E-state index in [1.54, 1.807) is 0 Å². The minimum absolute atomic E-state index is 0.184. The Balaban J connectivity index is 3.66. The van der Waals surface area contributed by atoms with Gasteiger partial charge in [0.15, 0.2) is 5.69 Å². The summed E-state index contributed by atoms with van der Waals surface area (Å²) in [7, 11) is 0. The second kappa shape index (κ2) is 5.43. The Kier molecular flexibility index (Phi) is 4.56. The summed E-state index contributed by atoms with van der Waals surface area (Å²) >= 11 is 0. The van der Waals surface area contributed by atoms with E-state index in [-0.39, 0.29) is 13.0 Å². The van der Waals surface area contributed by atoms with E-state index in [0.717, 1.165) is 0 Å². The highest BCUT2D eigenvalue weighted by Crippen LogP contribution is 2.48. The first-order valence-corrected chi connectivity index (χ1v) is 5.69. The topological polar surface area (TPSA) is 43.8 Å². The number of nitrogens with zero attached hydrogens (tertiary/aromatic N) is 2. The summed E-state index contributed by atoms with van der Waals surface area (Å²) in [6, 6.07) is 0. The Morgan fingerprint density at radius 3 is 1.90 bits per heavy atom. The van der Waals surface area contributed by atoms with E-state index in [2.05, 4.69) is 5.10 Å². The van der Waals surface area contributed by atoms with Crippen LogP contribution in [0.25, 0.3) is 0 Å². The van der Waals surface area contributed by atoms with E-state index in [0.29, 0.717) is 4.68 Å². The van der Waals surface area contributed by atoms with Crippen molar-refractivity contribution in [3.63, 3.8) is 0 Å². The normalized spacial score (nSPS) is 13.8. The van der Waals surface area contributed by atoms with Gasteiger partial charge in [0.1, 0.15) is 5.56 Å². The molecule has 0 radical (unpaired) electrons. The van der Waals surface area contributed by atoms with Crippen molar-refractivity contribution in [2.75, 3.05) is 0 Å². The molecule has 0 aliphatic rings. The van der Waals surface area contributed by atoms with Gasteiger partial charge in [0.25, 0.3) is 0 Å². The molecule has 122 valence electrons. The van der Waals surface area contributed by atoms with E-state index in [9.17, 15) is 35.1 Å². The number of hydrogen-bond acceptors (Lipinski definition) is 2. The minimum atomic E-state index is -6.19. The maximum atomic E-state index is 13.3. The molecule has 0 aliphatic carbocycles. The van der Waals surface area contributed by atoms with E-state index >= 15 is 0 Å². The molecule has 0 atom stereocenters.